The molecule has 1 fully saturated rings. The van der Waals surface area contributed by atoms with Crippen LogP contribution in [0.1, 0.15) is 23.0 Å². The van der Waals surface area contributed by atoms with Gasteiger partial charge in [-0.25, -0.2) is 0 Å². The zero-order chi connectivity index (χ0) is 14.5. The van der Waals surface area contributed by atoms with Crippen molar-refractivity contribution in [1.29, 1.82) is 0 Å². The lowest BCUT2D eigenvalue weighted by Crippen LogP contribution is -2.55. The summed E-state index contributed by atoms with van der Waals surface area (Å²) in [5.41, 5.74) is 7.36. The molecule has 1 aromatic rings. The van der Waals surface area contributed by atoms with Gasteiger partial charge in [0.1, 0.15) is 4.88 Å². The van der Waals surface area contributed by atoms with E-state index in [9.17, 15) is 4.79 Å². The summed E-state index contributed by atoms with van der Waals surface area (Å²) >= 11 is 1.36. The summed E-state index contributed by atoms with van der Waals surface area (Å²) in [5, 5.41) is 11.9. The third-order valence-electron chi connectivity index (χ3n) is 3.53. The number of carbonyl (C=O) groups is 1. The maximum atomic E-state index is 12.2. The second-order valence-electron chi connectivity index (χ2n) is 4.64. The lowest BCUT2D eigenvalue weighted by atomic mass is 10.1. The van der Waals surface area contributed by atoms with Crippen molar-refractivity contribution in [3.05, 3.63) is 16.6 Å². The van der Waals surface area contributed by atoms with Crippen LogP contribution in [-0.4, -0.2) is 64.0 Å². The number of aromatic nitrogens is 1. The first-order valence-electron chi connectivity index (χ1n) is 6.56. The molecule has 8 heteroatoms. The Labute approximate surface area is 121 Å². The third kappa shape index (κ3) is 3.07. The maximum Gasteiger partial charge on any atom is 0.265 e. The fraction of sp³-hybridized carbons (Fsp3) is 0.583. The summed E-state index contributed by atoms with van der Waals surface area (Å²) < 4.78 is 0. The first-order valence-corrected chi connectivity index (χ1v) is 7.44. The summed E-state index contributed by atoms with van der Waals surface area (Å²) in [6.07, 6.45) is 2.38. The minimum absolute atomic E-state index is 0.0315. The number of nitrogens with zero attached hydrogens (tertiary/aromatic N) is 4. The number of amidine groups is 1. The Hall–Kier alpha value is -1.67. The zero-order valence-corrected chi connectivity index (χ0v) is 12.2. The van der Waals surface area contributed by atoms with Crippen LogP contribution in [0.2, 0.25) is 0 Å². The molecule has 0 bridgehead atoms. The van der Waals surface area contributed by atoms with Crippen LogP contribution in [-0.2, 0) is 0 Å². The van der Waals surface area contributed by atoms with E-state index in [1.807, 2.05) is 11.8 Å². The lowest BCUT2D eigenvalue weighted by molar-refractivity contribution is 0.0613. The minimum atomic E-state index is -0.0688. The second-order valence-corrected chi connectivity index (χ2v) is 5.53. The van der Waals surface area contributed by atoms with Crippen molar-refractivity contribution >= 4 is 23.1 Å². The molecule has 1 saturated heterocycles. The van der Waals surface area contributed by atoms with E-state index in [4.69, 9.17) is 10.9 Å². The van der Waals surface area contributed by atoms with E-state index < -0.39 is 0 Å². The molecule has 2 rings (SSSR count). The first-order chi connectivity index (χ1) is 9.67. The minimum Gasteiger partial charge on any atom is -0.409 e. The smallest absolute Gasteiger partial charge is 0.265 e. The second kappa shape index (κ2) is 6.67. The van der Waals surface area contributed by atoms with Crippen molar-refractivity contribution in [3.63, 3.8) is 0 Å². The number of hydrogen-bond donors (Lipinski definition) is 2. The van der Waals surface area contributed by atoms with E-state index in [2.05, 4.69) is 15.0 Å². The predicted octanol–water partition coefficient (Wildman–Crippen LogP) is 0.426. The topological polar surface area (TPSA) is 95.0 Å². The molecule has 0 aliphatic carbocycles. The molecule has 1 aliphatic heterocycles. The fourth-order valence-corrected chi connectivity index (χ4v) is 3.02. The number of oxime groups is 1. The standard InChI is InChI=1S/C12H19N5O2S/c1-2-9(11(13)15-19)16-3-5-17(6-4-16)12(18)10-7-14-8-20-10/h7-9,19H,2-6H2,1H3,(H2,13,15). The molecular weight excluding hydrogens is 278 g/mol. The van der Waals surface area contributed by atoms with E-state index in [0.717, 1.165) is 19.5 Å². The van der Waals surface area contributed by atoms with Gasteiger partial charge in [0.2, 0.25) is 0 Å². The largest absolute Gasteiger partial charge is 0.409 e. The Balaban J connectivity index is 1.94. The van der Waals surface area contributed by atoms with Gasteiger partial charge >= 0.3 is 0 Å². The van der Waals surface area contributed by atoms with Gasteiger partial charge in [-0.2, -0.15) is 0 Å². The average molecular weight is 297 g/mol. The van der Waals surface area contributed by atoms with Crippen molar-refractivity contribution in [1.82, 2.24) is 14.8 Å². The number of nitrogens with two attached hydrogens (primary N) is 1. The molecular formula is C12H19N5O2S. The molecule has 0 spiro atoms. The normalized spacial score (nSPS) is 19.1. The lowest BCUT2D eigenvalue weighted by Gasteiger charge is -2.38. The van der Waals surface area contributed by atoms with E-state index >= 15 is 0 Å². The van der Waals surface area contributed by atoms with E-state index in [1.165, 1.54) is 11.3 Å². The molecule has 110 valence electrons. The molecule has 1 aliphatic rings. The van der Waals surface area contributed by atoms with Crippen molar-refractivity contribution in [3.8, 4) is 0 Å². The van der Waals surface area contributed by atoms with E-state index in [-0.39, 0.29) is 17.8 Å². The van der Waals surface area contributed by atoms with Crippen LogP contribution in [0.15, 0.2) is 16.9 Å². The number of hydrogen-bond acceptors (Lipinski definition) is 6. The molecule has 3 N–H and O–H groups in total. The van der Waals surface area contributed by atoms with Crippen LogP contribution in [0.25, 0.3) is 0 Å². The van der Waals surface area contributed by atoms with Gasteiger partial charge in [0.05, 0.1) is 17.7 Å². The van der Waals surface area contributed by atoms with Gasteiger partial charge in [-0.3, -0.25) is 14.7 Å². The van der Waals surface area contributed by atoms with Crippen LogP contribution in [0, 0.1) is 0 Å². The number of piperazine rings is 1. The van der Waals surface area contributed by atoms with Crippen molar-refractivity contribution in [2.75, 3.05) is 26.2 Å². The van der Waals surface area contributed by atoms with Crippen LogP contribution in [0.3, 0.4) is 0 Å². The zero-order valence-electron chi connectivity index (χ0n) is 11.4. The summed E-state index contributed by atoms with van der Waals surface area (Å²) in [6.45, 7) is 4.73. The molecule has 2 heterocycles. The summed E-state index contributed by atoms with van der Waals surface area (Å²) in [6, 6.07) is -0.0688. The molecule has 1 amide bonds. The highest BCUT2D eigenvalue weighted by atomic mass is 32.1. The SMILES string of the molecule is CCC(C(N)=NO)N1CCN(C(=O)c2cncs2)CC1. The quantitative estimate of drug-likeness (QED) is 0.363. The van der Waals surface area contributed by atoms with Gasteiger partial charge in [0, 0.05) is 26.2 Å². The third-order valence-corrected chi connectivity index (χ3v) is 4.29. The molecule has 20 heavy (non-hydrogen) atoms. The maximum absolute atomic E-state index is 12.2. The molecule has 1 unspecified atom stereocenters. The van der Waals surface area contributed by atoms with Crippen LogP contribution in [0.5, 0.6) is 0 Å². The fourth-order valence-electron chi connectivity index (χ4n) is 2.43. The van der Waals surface area contributed by atoms with Crippen LogP contribution in [0.4, 0.5) is 0 Å². The number of thiazole rings is 1. The number of carbonyl (C=O) groups excluding carboxylic acids is 1. The highest BCUT2D eigenvalue weighted by molar-refractivity contribution is 7.11. The van der Waals surface area contributed by atoms with Gasteiger partial charge in [-0.15, -0.1) is 11.3 Å². The molecule has 1 aromatic heterocycles. The average Bonchev–Trinajstić information content (AvgIpc) is 3.02. The number of amides is 1. The van der Waals surface area contributed by atoms with E-state index in [1.54, 1.807) is 11.7 Å². The van der Waals surface area contributed by atoms with Crippen LogP contribution < -0.4 is 5.73 Å². The molecule has 1 atom stereocenters. The van der Waals surface area contributed by atoms with Gasteiger partial charge < -0.3 is 15.8 Å². The Morgan fingerprint density at radius 2 is 2.25 bits per heavy atom. The van der Waals surface area contributed by atoms with Gasteiger partial charge in [-0.05, 0) is 6.42 Å². The van der Waals surface area contributed by atoms with Gasteiger partial charge in [0.15, 0.2) is 5.84 Å². The summed E-state index contributed by atoms with van der Waals surface area (Å²) in [7, 11) is 0. The van der Waals surface area contributed by atoms with Gasteiger partial charge in [0.25, 0.3) is 5.91 Å². The predicted molar refractivity (Wildman–Crippen MR) is 77.1 cm³/mol. The van der Waals surface area contributed by atoms with Crippen molar-refractivity contribution < 1.29 is 10.0 Å². The monoisotopic (exact) mass is 297 g/mol. The van der Waals surface area contributed by atoms with E-state index in [0.29, 0.717) is 18.0 Å². The Bertz CT molecular complexity index is 468. The Kier molecular flexibility index (Phi) is 4.91. The Morgan fingerprint density at radius 3 is 2.75 bits per heavy atom. The highest BCUT2D eigenvalue weighted by Gasteiger charge is 2.28. The molecule has 0 saturated carbocycles. The molecule has 0 radical (unpaired) electrons. The highest BCUT2D eigenvalue weighted by Crippen LogP contribution is 2.14. The summed E-state index contributed by atoms with van der Waals surface area (Å²) in [4.78, 5) is 20.8. The van der Waals surface area contributed by atoms with Crippen molar-refractivity contribution in [2.24, 2.45) is 10.9 Å². The van der Waals surface area contributed by atoms with Crippen LogP contribution >= 0.6 is 11.3 Å². The van der Waals surface area contributed by atoms with Gasteiger partial charge in [-0.1, -0.05) is 12.1 Å². The molecule has 0 aromatic carbocycles. The first kappa shape index (κ1) is 14.7. The van der Waals surface area contributed by atoms with Crippen molar-refractivity contribution in [2.45, 2.75) is 19.4 Å². The Morgan fingerprint density at radius 1 is 1.55 bits per heavy atom. The molecule has 7 nitrogen and oxygen atoms in total. The summed E-state index contributed by atoms with van der Waals surface area (Å²) in [5.74, 6) is 0.263. The number of rotatable bonds is 4.